The Morgan fingerprint density at radius 2 is 2.19 bits per heavy atom. The Morgan fingerprint density at radius 3 is 2.86 bits per heavy atom. The number of aromatic nitrogens is 2. The van der Waals surface area contributed by atoms with Gasteiger partial charge in [-0.25, -0.2) is 8.42 Å². The van der Waals surface area contributed by atoms with Gasteiger partial charge in [0.2, 0.25) is 11.0 Å². The van der Waals surface area contributed by atoms with E-state index in [0.29, 0.717) is 30.5 Å². The molecule has 3 heterocycles. The minimum Gasteiger partial charge on any atom is -0.451 e. The topological polar surface area (TPSA) is 89.4 Å². The van der Waals surface area contributed by atoms with E-state index < -0.39 is 10.0 Å². The molecule has 1 saturated heterocycles. The number of hydrogen-bond acceptors (Lipinski definition) is 6. The molecule has 3 rings (SSSR count). The summed E-state index contributed by atoms with van der Waals surface area (Å²) in [5.41, 5.74) is 0.472. The molecule has 1 fully saturated rings. The van der Waals surface area contributed by atoms with Gasteiger partial charge in [0, 0.05) is 26.1 Å². The van der Waals surface area contributed by atoms with Gasteiger partial charge in [0.25, 0.3) is 15.9 Å². The Hall–Kier alpha value is -1.67. The Morgan fingerprint density at radius 1 is 1.38 bits per heavy atom. The first-order valence-electron chi connectivity index (χ1n) is 6.86. The van der Waals surface area contributed by atoms with Crippen molar-refractivity contribution in [2.45, 2.75) is 31.8 Å². The number of hydrogen-bond donors (Lipinski definition) is 0. The Labute approximate surface area is 123 Å². The SMILES string of the molecule is Cc1nnc(-c2coc(S(=O)(=O)N3CCC[C@H](C)C3)c2)o1. The molecule has 0 bridgehead atoms. The smallest absolute Gasteiger partial charge is 0.276 e. The molecule has 0 unspecified atom stereocenters. The standard InChI is InChI=1S/C13H17N3O4S/c1-9-4-3-5-16(7-9)21(17,18)12-6-11(8-19-12)13-15-14-10(2)20-13/h6,8-9H,3-5,7H2,1-2H3/t9-/m0/s1. The second-order valence-electron chi connectivity index (χ2n) is 5.39. The van der Waals surface area contributed by atoms with Gasteiger partial charge in [-0.15, -0.1) is 10.2 Å². The van der Waals surface area contributed by atoms with Crippen LogP contribution in [0.15, 0.2) is 26.3 Å². The van der Waals surface area contributed by atoms with Gasteiger partial charge < -0.3 is 8.83 Å². The third-order valence-electron chi connectivity index (χ3n) is 3.56. The number of piperidine rings is 1. The van der Waals surface area contributed by atoms with Crippen molar-refractivity contribution < 1.29 is 17.3 Å². The van der Waals surface area contributed by atoms with Crippen LogP contribution in [0.2, 0.25) is 0 Å². The first-order chi connectivity index (χ1) is 9.96. The molecule has 114 valence electrons. The summed E-state index contributed by atoms with van der Waals surface area (Å²) in [6, 6.07) is 1.43. The highest BCUT2D eigenvalue weighted by Crippen LogP contribution is 2.28. The third kappa shape index (κ3) is 2.73. The summed E-state index contributed by atoms with van der Waals surface area (Å²) >= 11 is 0. The van der Waals surface area contributed by atoms with Gasteiger partial charge in [-0.05, 0) is 18.8 Å². The minimum absolute atomic E-state index is 0.0811. The van der Waals surface area contributed by atoms with Crippen LogP contribution in [0.4, 0.5) is 0 Å². The van der Waals surface area contributed by atoms with Crippen LogP contribution in [-0.2, 0) is 10.0 Å². The molecular weight excluding hydrogens is 294 g/mol. The molecule has 2 aromatic rings. The summed E-state index contributed by atoms with van der Waals surface area (Å²) in [5.74, 6) is 1.03. The largest absolute Gasteiger partial charge is 0.451 e. The van der Waals surface area contributed by atoms with Crippen LogP contribution < -0.4 is 0 Å². The third-order valence-corrected chi connectivity index (χ3v) is 5.30. The molecule has 8 heteroatoms. The minimum atomic E-state index is -3.60. The van der Waals surface area contributed by atoms with Gasteiger partial charge in [0.05, 0.1) is 5.56 Å². The van der Waals surface area contributed by atoms with Gasteiger partial charge >= 0.3 is 0 Å². The lowest BCUT2D eigenvalue weighted by molar-refractivity contribution is 0.274. The molecule has 0 aliphatic carbocycles. The summed E-state index contributed by atoms with van der Waals surface area (Å²) in [7, 11) is -3.60. The molecule has 0 saturated carbocycles. The van der Waals surface area contributed by atoms with Gasteiger partial charge in [0.1, 0.15) is 6.26 Å². The molecule has 2 aromatic heterocycles. The Balaban J connectivity index is 1.88. The average Bonchev–Trinajstić information content (AvgIpc) is 3.07. The lowest BCUT2D eigenvalue weighted by atomic mass is 10.0. The second-order valence-corrected chi connectivity index (χ2v) is 7.26. The lowest BCUT2D eigenvalue weighted by Crippen LogP contribution is -2.38. The van der Waals surface area contributed by atoms with Crippen LogP contribution in [0.25, 0.3) is 11.5 Å². The zero-order valence-electron chi connectivity index (χ0n) is 11.9. The molecule has 0 N–H and O–H groups in total. The van der Waals surface area contributed by atoms with Crippen molar-refractivity contribution in [3.63, 3.8) is 0 Å². The van der Waals surface area contributed by atoms with Gasteiger partial charge in [-0.2, -0.15) is 4.31 Å². The molecule has 0 radical (unpaired) electrons. The molecule has 1 aliphatic rings. The number of rotatable bonds is 3. The first-order valence-corrected chi connectivity index (χ1v) is 8.30. The highest BCUT2D eigenvalue weighted by molar-refractivity contribution is 7.89. The van der Waals surface area contributed by atoms with Crippen LogP contribution >= 0.6 is 0 Å². The van der Waals surface area contributed by atoms with Crippen molar-refractivity contribution in [3.05, 3.63) is 18.2 Å². The highest BCUT2D eigenvalue weighted by atomic mass is 32.2. The van der Waals surface area contributed by atoms with Crippen LogP contribution in [0.3, 0.4) is 0 Å². The van der Waals surface area contributed by atoms with E-state index in [-0.39, 0.29) is 11.0 Å². The molecule has 0 amide bonds. The predicted molar refractivity (Wildman–Crippen MR) is 73.9 cm³/mol. The Bertz CT molecular complexity index is 734. The van der Waals surface area contributed by atoms with Crippen LogP contribution in [0.1, 0.15) is 25.7 Å². The van der Waals surface area contributed by atoms with Crippen molar-refractivity contribution in [2.75, 3.05) is 13.1 Å². The lowest BCUT2D eigenvalue weighted by Gasteiger charge is -2.28. The van der Waals surface area contributed by atoms with E-state index in [2.05, 4.69) is 17.1 Å². The zero-order chi connectivity index (χ0) is 15.0. The maximum atomic E-state index is 12.5. The summed E-state index contributed by atoms with van der Waals surface area (Å²) in [5, 5.41) is 7.49. The number of furan rings is 1. The fraction of sp³-hybridized carbons (Fsp3) is 0.538. The summed E-state index contributed by atoms with van der Waals surface area (Å²) in [4.78, 5) is 0. The highest BCUT2D eigenvalue weighted by Gasteiger charge is 2.31. The monoisotopic (exact) mass is 311 g/mol. The van der Waals surface area contributed by atoms with Crippen LogP contribution in [0.5, 0.6) is 0 Å². The number of sulfonamides is 1. The quantitative estimate of drug-likeness (QED) is 0.862. The van der Waals surface area contributed by atoms with Crippen molar-refractivity contribution >= 4 is 10.0 Å². The van der Waals surface area contributed by atoms with E-state index in [4.69, 9.17) is 8.83 Å². The molecule has 1 atom stereocenters. The first kappa shape index (κ1) is 14.3. The molecular formula is C13H17N3O4S. The van der Waals surface area contributed by atoms with Gasteiger partial charge in [-0.3, -0.25) is 0 Å². The summed E-state index contributed by atoms with van der Waals surface area (Å²) in [6.45, 7) is 4.78. The molecule has 0 aromatic carbocycles. The van der Waals surface area contributed by atoms with Gasteiger partial charge in [0.15, 0.2) is 0 Å². The number of aryl methyl sites for hydroxylation is 1. The average molecular weight is 311 g/mol. The van der Waals surface area contributed by atoms with Crippen molar-refractivity contribution in [3.8, 4) is 11.5 Å². The van der Waals surface area contributed by atoms with E-state index in [0.717, 1.165) is 12.8 Å². The van der Waals surface area contributed by atoms with E-state index in [1.165, 1.54) is 16.6 Å². The molecule has 7 nitrogen and oxygen atoms in total. The summed E-state index contributed by atoms with van der Waals surface area (Å²) < 4.78 is 37.1. The van der Waals surface area contributed by atoms with E-state index in [9.17, 15) is 8.42 Å². The molecule has 1 aliphatic heterocycles. The molecule has 0 spiro atoms. The zero-order valence-corrected chi connectivity index (χ0v) is 12.8. The normalized spacial score (nSPS) is 20.8. The van der Waals surface area contributed by atoms with E-state index in [1.54, 1.807) is 6.92 Å². The Kier molecular flexibility index (Phi) is 3.58. The maximum absolute atomic E-state index is 12.5. The van der Waals surface area contributed by atoms with E-state index >= 15 is 0 Å². The van der Waals surface area contributed by atoms with Crippen LogP contribution in [-0.4, -0.2) is 36.0 Å². The predicted octanol–water partition coefficient (Wildman–Crippen LogP) is 2.06. The molecule has 21 heavy (non-hydrogen) atoms. The van der Waals surface area contributed by atoms with Crippen molar-refractivity contribution in [1.29, 1.82) is 0 Å². The number of nitrogens with zero attached hydrogens (tertiary/aromatic N) is 3. The van der Waals surface area contributed by atoms with Crippen molar-refractivity contribution in [1.82, 2.24) is 14.5 Å². The van der Waals surface area contributed by atoms with Gasteiger partial charge in [-0.1, -0.05) is 6.92 Å². The second kappa shape index (κ2) is 5.27. The fourth-order valence-electron chi connectivity index (χ4n) is 2.47. The van der Waals surface area contributed by atoms with Crippen molar-refractivity contribution in [2.24, 2.45) is 5.92 Å². The maximum Gasteiger partial charge on any atom is 0.276 e. The van der Waals surface area contributed by atoms with Crippen LogP contribution in [0, 0.1) is 12.8 Å². The fourth-order valence-corrected chi connectivity index (χ4v) is 3.99. The van der Waals surface area contributed by atoms with E-state index in [1.807, 2.05) is 0 Å². The summed E-state index contributed by atoms with van der Waals surface area (Å²) in [6.07, 6.45) is 3.25.